The summed E-state index contributed by atoms with van der Waals surface area (Å²) in [6.07, 6.45) is 4.98. The first kappa shape index (κ1) is 11.9. The van der Waals surface area contributed by atoms with Gasteiger partial charge in [-0.05, 0) is 18.9 Å². The molecule has 1 heterocycles. The van der Waals surface area contributed by atoms with Gasteiger partial charge in [0.25, 0.3) is 0 Å². The van der Waals surface area contributed by atoms with Gasteiger partial charge in [0.05, 0.1) is 11.7 Å². The van der Waals surface area contributed by atoms with Crippen LogP contribution in [0.25, 0.3) is 0 Å². The lowest BCUT2D eigenvalue weighted by Crippen LogP contribution is -2.33. The average molecular weight is 229 g/mol. The molecule has 90 valence electrons. The summed E-state index contributed by atoms with van der Waals surface area (Å²) < 4.78 is 1.95. The van der Waals surface area contributed by atoms with E-state index in [-0.39, 0.29) is 0 Å². The Morgan fingerprint density at radius 2 is 1.94 bits per heavy atom. The quantitative estimate of drug-likeness (QED) is 0.875. The van der Waals surface area contributed by atoms with Gasteiger partial charge in [0, 0.05) is 18.3 Å². The van der Waals surface area contributed by atoms with Crippen LogP contribution < -0.4 is 5.73 Å². The molecular formula is C14H19N3. The summed E-state index contributed by atoms with van der Waals surface area (Å²) in [6.45, 7) is 5.10. The SMILES string of the molecule is CCCn1cc(C(C)(N)c2ccccc2)cn1. The van der Waals surface area contributed by atoms with Crippen LogP contribution >= 0.6 is 0 Å². The first-order chi connectivity index (χ1) is 8.14. The van der Waals surface area contributed by atoms with Crippen LogP contribution in [0.3, 0.4) is 0 Å². The highest BCUT2D eigenvalue weighted by Crippen LogP contribution is 2.25. The molecule has 2 N–H and O–H groups in total. The highest BCUT2D eigenvalue weighted by Gasteiger charge is 2.24. The molecule has 0 aliphatic heterocycles. The first-order valence-electron chi connectivity index (χ1n) is 6.02. The van der Waals surface area contributed by atoms with Gasteiger partial charge in [-0.1, -0.05) is 37.3 Å². The zero-order valence-corrected chi connectivity index (χ0v) is 10.4. The minimum atomic E-state index is -0.479. The number of rotatable bonds is 4. The van der Waals surface area contributed by atoms with E-state index in [4.69, 9.17) is 5.73 Å². The molecule has 1 aromatic heterocycles. The Balaban J connectivity index is 2.31. The lowest BCUT2D eigenvalue weighted by molar-refractivity contribution is 0.586. The molecule has 0 bridgehead atoms. The van der Waals surface area contributed by atoms with Gasteiger partial charge in [0.2, 0.25) is 0 Å². The number of benzene rings is 1. The van der Waals surface area contributed by atoms with E-state index in [0.29, 0.717) is 0 Å². The van der Waals surface area contributed by atoms with Crippen molar-refractivity contribution in [1.82, 2.24) is 9.78 Å². The summed E-state index contributed by atoms with van der Waals surface area (Å²) in [4.78, 5) is 0. The summed E-state index contributed by atoms with van der Waals surface area (Å²) in [7, 11) is 0. The van der Waals surface area contributed by atoms with Crippen LogP contribution in [0.4, 0.5) is 0 Å². The maximum absolute atomic E-state index is 6.42. The van der Waals surface area contributed by atoms with E-state index < -0.39 is 5.54 Å². The van der Waals surface area contributed by atoms with Crippen molar-refractivity contribution in [3.8, 4) is 0 Å². The third kappa shape index (κ3) is 2.39. The third-order valence-corrected chi connectivity index (χ3v) is 3.06. The van der Waals surface area contributed by atoms with Crippen molar-refractivity contribution in [2.75, 3.05) is 0 Å². The number of hydrogen-bond acceptors (Lipinski definition) is 2. The van der Waals surface area contributed by atoms with Gasteiger partial charge in [0.1, 0.15) is 0 Å². The molecular weight excluding hydrogens is 210 g/mol. The molecule has 2 aromatic rings. The fourth-order valence-electron chi connectivity index (χ4n) is 1.93. The van der Waals surface area contributed by atoms with E-state index >= 15 is 0 Å². The van der Waals surface area contributed by atoms with Crippen molar-refractivity contribution in [2.45, 2.75) is 32.4 Å². The molecule has 0 aliphatic rings. The van der Waals surface area contributed by atoms with Crippen LogP contribution in [-0.2, 0) is 12.1 Å². The van der Waals surface area contributed by atoms with Gasteiger partial charge in [-0.2, -0.15) is 5.10 Å². The second-order valence-corrected chi connectivity index (χ2v) is 4.56. The van der Waals surface area contributed by atoms with Crippen molar-refractivity contribution in [1.29, 1.82) is 0 Å². The molecule has 1 atom stereocenters. The lowest BCUT2D eigenvalue weighted by atomic mass is 9.88. The maximum Gasteiger partial charge on any atom is 0.0667 e. The van der Waals surface area contributed by atoms with Crippen molar-refractivity contribution < 1.29 is 0 Å². The highest BCUT2D eigenvalue weighted by molar-refractivity contribution is 5.34. The average Bonchev–Trinajstić information content (AvgIpc) is 2.80. The highest BCUT2D eigenvalue weighted by atomic mass is 15.3. The summed E-state index contributed by atoms with van der Waals surface area (Å²) in [5.74, 6) is 0. The number of hydrogen-bond donors (Lipinski definition) is 1. The maximum atomic E-state index is 6.42. The van der Waals surface area contributed by atoms with Crippen LogP contribution in [0.1, 0.15) is 31.4 Å². The Morgan fingerprint density at radius 3 is 2.59 bits per heavy atom. The number of aryl methyl sites for hydroxylation is 1. The van der Waals surface area contributed by atoms with Crippen molar-refractivity contribution >= 4 is 0 Å². The molecule has 3 heteroatoms. The van der Waals surface area contributed by atoms with Gasteiger partial charge in [-0.25, -0.2) is 0 Å². The van der Waals surface area contributed by atoms with Gasteiger partial charge < -0.3 is 5.73 Å². The second kappa shape index (κ2) is 4.72. The Labute approximate surface area is 102 Å². The zero-order chi connectivity index (χ0) is 12.3. The molecule has 0 radical (unpaired) electrons. The van der Waals surface area contributed by atoms with Crippen LogP contribution in [0.5, 0.6) is 0 Å². The summed E-state index contributed by atoms with van der Waals surface area (Å²) in [5.41, 5.74) is 8.10. The Bertz CT molecular complexity index is 471. The number of nitrogens with two attached hydrogens (primary N) is 1. The molecule has 17 heavy (non-hydrogen) atoms. The monoisotopic (exact) mass is 229 g/mol. The van der Waals surface area contributed by atoms with Crippen LogP contribution in [0, 0.1) is 0 Å². The van der Waals surface area contributed by atoms with Crippen LogP contribution in [0.2, 0.25) is 0 Å². The lowest BCUT2D eigenvalue weighted by Gasteiger charge is -2.23. The largest absolute Gasteiger partial charge is 0.318 e. The third-order valence-electron chi connectivity index (χ3n) is 3.06. The van der Waals surface area contributed by atoms with Crippen LogP contribution in [0.15, 0.2) is 42.7 Å². The molecule has 0 aliphatic carbocycles. The minimum Gasteiger partial charge on any atom is -0.318 e. The molecule has 1 unspecified atom stereocenters. The second-order valence-electron chi connectivity index (χ2n) is 4.56. The molecule has 0 spiro atoms. The first-order valence-corrected chi connectivity index (χ1v) is 6.02. The Kier molecular flexibility index (Phi) is 3.29. The van der Waals surface area contributed by atoms with E-state index in [1.807, 2.05) is 42.2 Å². The van der Waals surface area contributed by atoms with Crippen molar-refractivity contribution in [2.24, 2.45) is 5.73 Å². The molecule has 3 nitrogen and oxygen atoms in total. The Morgan fingerprint density at radius 1 is 1.24 bits per heavy atom. The van der Waals surface area contributed by atoms with E-state index in [2.05, 4.69) is 24.2 Å². The molecule has 2 rings (SSSR count). The number of nitrogens with zero attached hydrogens (tertiary/aromatic N) is 2. The predicted molar refractivity (Wildman–Crippen MR) is 69.6 cm³/mol. The molecule has 0 fully saturated rings. The van der Waals surface area contributed by atoms with Gasteiger partial charge >= 0.3 is 0 Å². The van der Waals surface area contributed by atoms with E-state index in [9.17, 15) is 0 Å². The molecule has 0 saturated carbocycles. The smallest absolute Gasteiger partial charge is 0.0667 e. The molecule has 1 aromatic carbocycles. The van der Waals surface area contributed by atoms with E-state index in [1.165, 1.54) is 0 Å². The zero-order valence-electron chi connectivity index (χ0n) is 10.4. The van der Waals surface area contributed by atoms with Gasteiger partial charge in [0.15, 0.2) is 0 Å². The molecule has 0 amide bonds. The summed E-state index contributed by atoms with van der Waals surface area (Å²) in [5, 5.41) is 4.33. The normalized spacial score (nSPS) is 14.5. The minimum absolute atomic E-state index is 0.479. The predicted octanol–water partition coefficient (Wildman–Crippen LogP) is 2.52. The Hall–Kier alpha value is -1.61. The van der Waals surface area contributed by atoms with Gasteiger partial charge in [-0.3, -0.25) is 4.68 Å². The van der Waals surface area contributed by atoms with Gasteiger partial charge in [-0.15, -0.1) is 0 Å². The topological polar surface area (TPSA) is 43.8 Å². The standard InChI is InChI=1S/C14H19N3/c1-3-9-17-11-13(10-16-17)14(2,15)12-7-5-4-6-8-12/h4-8,10-11H,3,9,15H2,1-2H3. The van der Waals surface area contributed by atoms with E-state index in [1.54, 1.807) is 0 Å². The fourth-order valence-corrected chi connectivity index (χ4v) is 1.93. The fraction of sp³-hybridized carbons (Fsp3) is 0.357. The number of aromatic nitrogens is 2. The van der Waals surface area contributed by atoms with Crippen molar-refractivity contribution in [3.63, 3.8) is 0 Å². The summed E-state index contributed by atoms with van der Waals surface area (Å²) >= 11 is 0. The summed E-state index contributed by atoms with van der Waals surface area (Å²) in [6, 6.07) is 10.1. The molecule has 0 saturated heterocycles. The van der Waals surface area contributed by atoms with Crippen LogP contribution in [-0.4, -0.2) is 9.78 Å². The van der Waals surface area contributed by atoms with E-state index in [0.717, 1.165) is 24.1 Å². The van der Waals surface area contributed by atoms with Crippen molar-refractivity contribution in [3.05, 3.63) is 53.9 Å².